The van der Waals surface area contributed by atoms with Crippen molar-refractivity contribution in [2.45, 2.75) is 73.7 Å². The Morgan fingerprint density at radius 2 is 1.35 bits per heavy atom. The van der Waals surface area contributed by atoms with Crippen molar-refractivity contribution in [2.24, 2.45) is 5.92 Å². The van der Waals surface area contributed by atoms with Crippen LogP contribution in [-0.4, -0.2) is 22.6 Å². The van der Waals surface area contributed by atoms with E-state index in [1.807, 2.05) is 23.5 Å². The summed E-state index contributed by atoms with van der Waals surface area (Å²) in [5.74, 6) is 3.33. The van der Waals surface area contributed by atoms with Crippen molar-refractivity contribution < 1.29 is 0 Å². The molecule has 3 aliphatic rings. The quantitative estimate of drug-likeness (QED) is 0.466. The normalized spacial score (nSPS) is 23.5. The number of benzene rings is 2. The van der Waals surface area contributed by atoms with Gasteiger partial charge in [-0.25, -0.2) is 0 Å². The number of anilines is 2. The van der Waals surface area contributed by atoms with Crippen LogP contribution in [0.2, 0.25) is 0 Å². The third-order valence-corrected chi connectivity index (χ3v) is 9.66. The Bertz CT molecular complexity index is 939. The summed E-state index contributed by atoms with van der Waals surface area (Å²) in [5, 5.41) is 7.45. The summed E-state index contributed by atoms with van der Waals surface area (Å²) in [6, 6.07) is 14.3. The van der Waals surface area contributed by atoms with Gasteiger partial charge in [0.05, 0.1) is 0 Å². The van der Waals surface area contributed by atoms with Gasteiger partial charge in [0.1, 0.15) is 0 Å². The van der Waals surface area contributed by atoms with Crippen molar-refractivity contribution >= 4 is 34.9 Å². The molecule has 2 nitrogen and oxygen atoms in total. The molecule has 4 heteroatoms. The first-order valence-electron chi connectivity index (χ1n) is 11.5. The summed E-state index contributed by atoms with van der Waals surface area (Å²) in [7, 11) is 0. The lowest BCUT2D eigenvalue weighted by Crippen LogP contribution is -2.36. The highest BCUT2D eigenvalue weighted by Gasteiger charge is 2.31. The van der Waals surface area contributed by atoms with Crippen molar-refractivity contribution in [1.82, 2.24) is 0 Å². The SMILES string of the molecule is CC1(C)CSc2cc(C(c3ccc4c(c3)SCC(C)(C)N4)C3CC=CCC3)ccc2N1. The third kappa shape index (κ3) is 4.52. The summed E-state index contributed by atoms with van der Waals surface area (Å²) in [6.07, 6.45) is 8.40. The standard InChI is InChI=1S/C27H34N2S2/c1-26(2)16-30-23-14-19(10-12-21(23)28-26)25(18-8-6-5-7-9-18)20-11-13-22-24(15-20)31-17-27(3,4)29-22/h5-6,10-15,18,25,28-29H,7-9,16-17H2,1-4H3. The van der Waals surface area contributed by atoms with Crippen LogP contribution in [0.1, 0.15) is 64.0 Å². The van der Waals surface area contributed by atoms with Gasteiger partial charge in [-0.3, -0.25) is 0 Å². The van der Waals surface area contributed by atoms with Gasteiger partial charge in [0.2, 0.25) is 0 Å². The Morgan fingerprint density at radius 3 is 1.84 bits per heavy atom. The van der Waals surface area contributed by atoms with Crippen LogP contribution >= 0.6 is 23.5 Å². The molecular formula is C27H34N2S2. The molecule has 1 atom stereocenters. The van der Waals surface area contributed by atoms with Crippen molar-refractivity contribution in [3.05, 3.63) is 59.7 Å². The second-order valence-electron chi connectivity index (χ2n) is 10.6. The minimum Gasteiger partial charge on any atom is -0.378 e. The fourth-order valence-corrected chi connectivity index (χ4v) is 7.25. The number of nitrogens with one attached hydrogen (secondary N) is 2. The van der Waals surface area contributed by atoms with E-state index in [9.17, 15) is 0 Å². The van der Waals surface area contributed by atoms with E-state index in [0.717, 1.165) is 11.5 Å². The molecule has 31 heavy (non-hydrogen) atoms. The summed E-state index contributed by atoms with van der Waals surface area (Å²) >= 11 is 4.00. The van der Waals surface area contributed by atoms with Crippen molar-refractivity contribution in [2.75, 3.05) is 22.1 Å². The Morgan fingerprint density at radius 1 is 0.806 bits per heavy atom. The Labute approximate surface area is 196 Å². The molecule has 2 aromatic rings. The number of allylic oxidation sites excluding steroid dienone is 2. The van der Waals surface area contributed by atoms with E-state index in [1.54, 1.807) is 0 Å². The first kappa shape index (κ1) is 21.3. The highest BCUT2D eigenvalue weighted by molar-refractivity contribution is 7.99. The van der Waals surface area contributed by atoms with Crippen LogP contribution in [0.15, 0.2) is 58.3 Å². The molecule has 5 rings (SSSR count). The predicted molar refractivity (Wildman–Crippen MR) is 138 cm³/mol. The van der Waals surface area contributed by atoms with Crippen LogP contribution in [-0.2, 0) is 0 Å². The molecule has 0 radical (unpaired) electrons. The van der Waals surface area contributed by atoms with Crippen LogP contribution in [0.4, 0.5) is 11.4 Å². The first-order chi connectivity index (χ1) is 14.8. The number of hydrogen-bond donors (Lipinski definition) is 2. The Hall–Kier alpha value is -1.52. The van der Waals surface area contributed by atoms with Crippen LogP contribution in [0.5, 0.6) is 0 Å². The van der Waals surface area contributed by atoms with E-state index < -0.39 is 0 Å². The van der Waals surface area contributed by atoms with Gasteiger partial charge < -0.3 is 10.6 Å². The fraction of sp³-hybridized carbons (Fsp3) is 0.481. The average Bonchev–Trinajstić information content (AvgIpc) is 2.74. The number of fused-ring (bicyclic) bond motifs is 2. The third-order valence-electron chi connectivity index (χ3n) is 6.63. The van der Waals surface area contributed by atoms with Crippen molar-refractivity contribution in [3.63, 3.8) is 0 Å². The lowest BCUT2D eigenvalue weighted by Gasteiger charge is -2.36. The van der Waals surface area contributed by atoms with Crippen LogP contribution < -0.4 is 10.6 Å². The van der Waals surface area contributed by atoms with Crippen LogP contribution in [0.3, 0.4) is 0 Å². The Balaban J connectivity index is 1.52. The molecule has 0 spiro atoms. The average molecular weight is 451 g/mol. The fourth-order valence-electron chi connectivity index (χ4n) is 5.08. The molecule has 0 saturated carbocycles. The molecule has 2 aliphatic heterocycles. The van der Waals surface area contributed by atoms with Gasteiger partial charge in [-0.15, -0.1) is 23.5 Å². The summed E-state index contributed by atoms with van der Waals surface area (Å²) in [5.41, 5.74) is 5.84. The van der Waals surface area contributed by atoms with Gasteiger partial charge >= 0.3 is 0 Å². The van der Waals surface area contributed by atoms with E-state index in [2.05, 4.69) is 86.9 Å². The maximum atomic E-state index is 3.73. The van der Waals surface area contributed by atoms with E-state index in [1.165, 1.54) is 51.6 Å². The van der Waals surface area contributed by atoms with E-state index in [0.29, 0.717) is 11.8 Å². The van der Waals surface area contributed by atoms with Gasteiger partial charge in [0.25, 0.3) is 0 Å². The molecule has 1 aliphatic carbocycles. The van der Waals surface area contributed by atoms with Crippen molar-refractivity contribution in [3.8, 4) is 0 Å². The smallest absolute Gasteiger partial charge is 0.0482 e. The second-order valence-corrected chi connectivity index (χ2v) is 12.7. The highest BCUT2D eigenvalue weighted by Crippen LogP contribution is 2.46. The molecule has 0 bridgehead atoms. The molecule has 2 aromatic carbocycles. The molecule has 2 heterocycles. The lowest BCUT2D eigenvalue weighted by molar-refractivity contribution is 0.428. The summed E-state index contributed by atoms with van der Waals surface area (Å²) < 4.78 is 0. The van der Waals surface area contributed by atoms with Crippen LogP contribution in [0.25, 0.3) is 0 Å². The zero-order valence-corrected chi connectivity index (χ0v) is 20.8. The maximum absolute atomic E-state index is 3.73. The van der Waals surface area contributed by atoms with E-state index in [-0.39, 0.29) is 11.1 Å². The van der Waals surface area contributed by atoms with Gasteiger partial charge in [-0.2, -0.15) is 0 Å². The predicted octanol–water partition coefficient (Wildman–Crippen LogP) is 7.77. The molecular weight excluding hydrogens is 416 g/mol. The summed E-state index contributed by atoms with van der Waals surface area (Å²) in [4.78, 5) is 2.81. The topological polar surface area (TPSA) is 24.1 Å². The molecule has 1 unspecified atom stereocenters. The van der Waals surface area contributed by atoms with Gasteiger partial charge in [0.15, 0.2) is 0 Å². The zero-order chi connectivity index (χ0) is 21.6. The lowest BCUT2D eigenvalue weighted by atomic mass is 9.75. The molecule has 0 fully saturated rings. The zero-order valence-electron chi connectivity index (χ0n) is 19.1. The maximum Gasteiger partial charge on any atom is 0.0482 e. The minimum absolute atomic E-state index is 0.156. The van der Waals surface area contributed by atoms with Gasteiger partial charge in [-0.1, -0.05) is 24.3 Å². The Kier molecular flexibility index (Phi) is 5.58. The monoisotopic (exact) mass is 450 g/mol. The largest absolute Gasteiger partial charge is 0.378 e. The number of rotatable bonds is 3. The molecule has 0 amide bonds. The second kappa shape index (κ2) is 8.12. The van der Waals surface area contributed by atoms with E-state index in [4.69, 9.17) is 0 Å². The molecule has 0 aromatic heterocycles. The van der Waals surface area contributed by atoms with E-state index >= 15 is 0 Å². The number of hydrogen-bond acceptors (Lipinski definition) is 4. The summed E-state index contributed by atoms with van der Waals surface area (Å²) in [6.45, 7) is 9.14. The minimum atomic E-state index is 0.156. The highest BCUT2D eigenvalue weighted by atomic mass is 32.2. The van der Waals surface area contributed by atoms with Crippen molar-refractivity contribution in [1.29, 1.82) is 0 Å². The molecule has 0 saturated heterocycles. The van der Waals surface area contributed by atoms with Crippen LogP contribution in [0, 0.1) is 5.92 Å². The number of thioether (sulfide) groups is 2. The van der Waals surface area contributed by atoms with Gasteiger partial charge in [-0.05, 0) is 88.3 Å². The molecule has 164 valence electrons. The van der Waals surface area contributed by atoms with Gasteiger partial charge in [0, 0.05) is 49.7 Å². The molecule has 2 N–H and O–H groups in total. The first-order valence-corrected chi connectivity index (χ1v) is 13.5.